The minimum absolute atomic E-state index is 0.162. The first-order valence-electron chi connectivity index (χ1n) is 6.70. The maximum absolute atomic E-state index is 10.6. The number of hydrogen-bond acceptors (Lipinski definition) is 4. The minimum atomic E-state index is -0.358. The third kappa shape index (κ3) is 3.94. The molecule has 2 unspecified atom stereocenters. The van der Waals surface area contributed by atoms with Gasteiger partial charge >= 0.3 is 0 Å². The average Bonchev–Trinajstić information content (AvgIpc) is 2.87. The lowest BCUT2D eigenvalue weighted by atomic mass is 10.1. The number of nitro groups is 1. The molecule has 0 radical (unpaired) electrons. The van der Waals surface area contributed by atoms with Crippen molar-refractivity contribution >= 4 is 17.4 Å². The second kappa shape index (κ2) is 6.91. The van der Waals surface area contributed by atoms with Crippen LogP contribution in [0.3, 0.4) is 0 Å². The van der Waals surface area contributed by atoms with Crippen molar-refractivity contribution in [2.45, 2.75) is 37.0 Å². The van der Waals surface area contributed by atoms with Crippen LogP contribution in [0.5, 0.6) is 0 Å². The lowest BCUT2D eigenvalue weighted by Crippen LogP contribution is -2.35. The molecule has 0 aromatic heterocycles. The van der Waals surface area contributed by atoms with Gasteiger partial charge in [0.05, 0.1) is 4.92 Å². The van der Waals surface area contributed by atoms with E-state index in [1.165, 1.54) is 19.3 Å². The molecule has 2 atom stereocenters. The highest BCUT2D eigenvalue weighted by molar-refractivity contribution is 7.99. The highest BCUT2D eigenvalue weighted by Crippen LogP contribution is 2.28. The number of hydrogen-bond donors (Lipinski definition) is 1. The zero-order valence-electron chi connectivity index (χ0n) is 11.2. The van der Waals surface area contributed by atoms with Gasteiger partial charge in [0.1, 0.15) is 0 Å². The largest absolute Gasteiger partial charge is 0.313 e. The molecular weight excluding hydrogens is 260 g/mol. The summed E-state index contributed by atoms with van der Waals surface area (Å²) in [4.78, 5) is 10.2. The Kier molecular flexibility index (Phi) is 5.22. The molecule has 0 spiro atoms. The molecule has 0 aliphatic heterocycles. The Bertz CT molecular complexity index is 422. The maximum atomic E-state index is 10.6. The molecule has 0 bridgehead atoms. The van der Waals surface area contributed by atoms with Crippen LogP contribution >= 0.6 is 11.8 Å². The van der Waals surface area contributed by atoms with Crippen LogP contribution in [0.2, 0.25) is 0 Å². The molecule has 1 fully saturated rings. The van der Waals surface area contributed by atoms with Gasteiger partial charge in [0.25, 0.3) is 5.69 Å². The topological polar surface area (TPSA) is 55.2 Å². The number of nitrogens with one attached hydrogen (secondary N) is 1. The number of thioether (sulfide) groups is 1. The average molecular weight is 280 g/mol. The van der Waals surface area contributed by atoms with Gasteiger partial charge in [-0.15, -0.1) is 0 Å². The molecule has 19 heavy (non-hydrogen) atoms. The molecule has 0 amide bonds. The van der Waals surface area contributed by atoms with Crippen molar-refractivity contribution in [2.24, 2.45) is 0 Å². The first-order valence-corrected chi connectivity index (χ1v) is 7.99. The van der Waals surface area contributed by atoms with Gasteiger partial charge in [0, 0.05) is 23.4 Å². The van der Waals surface area contributed by atoms with E-state index in [1.807, 2.05) is 23.9 Å². The molecule has 5 heteroatoms. The fourth-order valence-electron chi connectivity index (χ4n) is 2.63. The van der Waals surface area contributed by atoms with Gasteiger partial charge in [0.15, 0.2) is 0 Å². The van der Waals surface area contributed by atoms with E-state index in [-0.39, 0.29) is 10.6 Å². The van der Waals surface area contributed by atoms with Crippen molar-refractivity contribution in [1.29, 1.82) is 0 Å². The molecule has 0 saturated heterocycles. The fraction of sp³-hybridized carbons (Fsp3) is 0.571. The van der Waals surface area contributed by atoms with Gasteiger partial charge < -0.3 is 5.32 Å². The van der Waals surface area contributed by atoms with Crippen molar-refractivity contribution in [3.63, 3.8) is 0 Å². The molecule has 1 N–H and O–H groups in total. The van der Waals surface area contributed by atoms with Gasteiger partial charge in [-0.3, -0.25) is 10.1 Å². The Hall–Kier alpha value is -1.07. The summed E-state index contributed by atoms with van der Waals surface area (Å²) in [5.41, 5.74) is 1.31. The lowest BCUT2D eigenvalue weighted by Gasteiger charge is -2.19. The molecule has 0 heterocycles. The third-order valence-corrected chi connectivity index (χ3v) is 4.89. The van der Waals surface area contributed by atoms with Gasteiger partial charge in [-0.05, 0) is 37.6 Å². The van der Waals surface area contributed by atoms with Crippen LogP contribution in [0.25, 0.3) is 0 Å². The summed E-state index contributed by atoms with van der Waals surface area (Å²) in [5, 5.41) is 14.9. The van der Waals surface area contributed by atoms with E-state index < -0.39 is 0 Å². The normalized spacial score (nSPS) is 22.6. The highest BCUT2D eigenvalue weighted by atomic mass is 32.2. The van der Waals surface area contributed by atoms with Crippen LogP contribution in [0, 0.1) is 10.1 Å². The van der Waals surface area contributed by atoms with E-state index in [0.29, 0.717) is 6.04 Å². The first-order chi connectivity index (χ1) is 9.20. The summed E-state index contributed by atoms with van der Waals surface area (Å²) in [6.45, 7) is 0.944. The minimum Gasteiger partial charge on any atom is -0.313 e. The molecule has 1 aliphatic rings. The van der Waals surface area contributed by atoms with Crippen LogP contribution in [0.4, 0.5) is 5.69 Å². The Morgan fingerprint density at radius 1 is 1.37 bits per heavy atom. The van der Waals surface area contributed by atoms with E-state index in [9.17, 15) is 10.1 Å². The van der Waals surface area contributed by atoms with Gasteiger partial charge in [0.2, 0.25) is 0 Å². The van der Waals surface area contributed by atoms with E-state index in [4.69, 9.17) is 0 Å². The van der Waals surface area contributed by atoms with E-state index in [1.54, 1.807) is 12.1 Å². The van der Waals surface area contributed by atoms with Crippen LogP contribution in [-0.4, -0.2) is 29.0 Å². The zero-order chi connectivity index (χ0) is 13.7. The predicted molar refractivity (Wildman–Crippen MR) is 79.7 cm³/mol. The highest BCUT2D eigenvalue weighted by Gasteiger charge is 2.25. The Morgan fingerprint density at radius 3 is 2.74 bits per heavy atom. The van der Waals surface area contributed by atoms with Crippen molar-refractivity contribution in [1.82, 2.24) is 5.32 Å². The smallest absolute Gasteiger partial charge is 0.269 e. The number of non-ortho nitro benzene ring substituents is 1. The Balaban J connectivity index is 1.77. The quantitative estimate of drug-likeness (QED) is 0.643. The fourth-order valence-corrected chi connectivity index (χ4v) is 3.59. The SMILES string of the molecule is CSC1CCCC1NCCc1ccc([N+](=O)[O-])cc1. The molecule has 1 saturated carbocycles. The Morgan fingerprint density at radius 2 is 2.11 bits per heavy atom. The summed E-state index contributed by atoms with van der Waals surface area (Å²) >= 11 is 1.95. The molecule has 104 valence electrons. The third-order valence-electron chi connectivity index (χ3n) is 3.72. The summed E-state index contributed by atoms with van der Waals surface area (Å²) in [7, 11) is 0. The van der Waals surface area contributed by atoms with E-state index in [2.05, 4.69) is 11.6 Å². The second-order valence-electron chi connectivity index (χ2n) is 4.94. The van der Waals surface area contributed by atoms with Crippen LogP contribution < -0.4 is 5.32 Å². The number of nitro benzene ring substituents is 1. The molecule has 1 aromatic rings. The van der Waals surface area contributed by atoms with Gasteiger partial charge in [-0.2, -0.15) is 11.8 Å². The number of nitrogens with zero attached hydrogens (tertiary/aromatic N) is 1. The molecule has 1 aromatic carbocycles. The molecular formula is C14H20N2O2S. The lowest BCUT2D eigenvalue weighted by molar-refractivity contribution is -0.384. The van der Waals surface area contributed by atoms with Gasteiger partial charge in [-0.25, -0.2) is 0 Å². The number of benzene rings is 1. The maximum Gasteiger partial charge on any atom is 0.269 e. The predicted octanol–water partition coefficient (Wildman–Crippen LogP) is 3.01. The standard InChI is InChI=1S/C14H20N2O2S/c1-19-14-4-2-3-13(14)15-10-9-11-5-7-12(8-6-11)16(17)18/h5-8,13-15H,2-4,9-10H2,1H3. The molecule has 4 nitrogen and oxygen atoms in total. The summed E-state index contributed by atoms with van der Waals surface area (Å²) in [5.74, 6) is 0. The van der Waals surface area contributed by atoms with Crippen LogP contribution in [0.15, 0.2) is 24.3 Å². The van der Waals surface area contributed by atoms with Crippen LogP contribution in [0.1, 0.15) is 24.8 Å². The van der Waals surface area contributed by atoms with Crippen molar-refractivity contribution < 1.29 is 4.92 Å². The van der Waals surface area contributed by atoms with E-state index in [0.717, 1.165) is 23.8 Å². The zero-order valence-corrected chi connectivity index (χ0v) is 12.0. The summed E-state index contributed by atoms with van der Waals surface area (Å²) in [6.07, 6.45) is 7.01. The number of rotatable bonds is 6. The second-order valence-corrected chi connectivity index (χ2v) is 6.02. The Labute approximate surface area is 118 Å². The summed E-state index contributed by atoms with van der Waals surface area (Å²) < 4.78 is 0. The molecule has 1 aliphatic carbocycles. The monoisotopic (exact) mass is 280 g/mol. The van der Waals surface area contributed by atoms with Crippen molar-refractivity contribution in [2.75, 3.05) is 12.8 Å². The van der Waals surface area contributed by atoms with Crippen LogP contribution in [-0.2, 0) is 6.42 Å². The van der Waals surface area contributed by atoms with E-state index >= 15 is 0 Å². The summed E-state index contributed by atoms with van der Waals surface area (Å²) in [6, 6.07) is 7.49. The first kappa shape index (κ1) is 14.3. The molecule has 2 rings (SSSR count). The van der Waals surface area contributed by atoms with Gasteiger partial charge in [-0.1, -0.05) is 18.6 Å². The van der Waals surface area contributed by atoms with Crippen molar-refractivity contribution in [3.8, 4) is 0 Å². The van der Waals surface area contributed by atoms with Crippen molar-refractivity contribution in [3.05, 3.63) is 39.9 Å².